The molecule has 2 heterocycles. The number of hydrogen-bond donors (Lipinski definition) is 1. The summed E-state index contributed by atoms with van der Waals surface area (Å²) in [6.45, 7) is 13.6. The fraction of sp³-hybridized carbons (Fsp3) is 0.706. The first-order valence-electron chi connectivity index (χ1n) is 7.91. The quantitative estimate of drug-likeness (QED) is 0.886. The van der Waals surface area contributed by atoms with E-state index < -0.39 is 0 Å². The molecule has 1 aliphatic heterocycles. The second-order valence-corrected chi connectivity index (χ2v) is 7.03. The van der Waals surface area contributed by atoms with Crippen LogP contribution in [0.2, 0.25) is 0 Å². The van der Waals surface area contributed by atoms with Gasteiger partial charge in [-0.1, -0.05) is 33.8 Å². The molecule has 1 atom stereocenters. The van der Waals surface area contributed by atoms with Gasteiger partial charge in [-0.2, -0.15) is 0 Å². The highest BCUT2D eigenvalue weighted by atomic mass is 15.2. The average Bonchev–Trinajstić information content (AvgIpc) is 2.85. The molecule has 1 aromatic rings. The van der Waals surface area contributed by atoms with Crippen LogP contribution >= 0.6 is 0 Å². The van der Waals surface area contributed by atoms with Crippen molar-refractivity contribution in [2.24, 2.45) is 11.3 Å². The van der Waals surface area contributed by atoms with E-state index in [0.29, 0.717) is 5.41 Å². The van der Waals surface area contributed by atoms with Crippen LogP contribution in [0.4, 0.5) is 5.82 Å². The van der Waals surface area contributed by atoms with Gasteiger partial charge in [0.15, 0.2) is 0 Å². The molecule has 3 heteroatoms. The van der Waals surface area contributed by atoms with Gasteiger partial charge < -0.3 is 5.32 Å². The van der Waals surface area contributed by atoms with E-state index in [1.807, 2.05) is 0 Å². The molecule has 1 aromatic heterocycles. The van der Waals surface area contributed by atoms with Crippen molar-refractivity contribution in [1.29, 1.82) is 0 Å². The minimum absolute atomic E-state index is 0.423. The van der Waals surface area contributed by atoms with Crippen molar-refractivity contribution in [3.8, 4) is 0 Å². The standard InChI is InChI=1S/C17H29N3/c1-5-10-18-16-8-6-7-15(19-16)13-20-11-9-14(12-20)17(2,3)4/h6-8,14H,5,9-13H2,1-4H3,(H,18,19). The Bertz CT molecular complexity index is 422. The minimum Gasteiger partial charge on any atom is -0.370 e. The lowest BCUT2D eigenvalue weighted by Gasteiger charge is -2.27. The van der Waals surface area contributed by atoms with E-state index in [-0.39, 0.29) is 0 Å². The summed E-state index contributed by atoms with van der Waals surface area (Å²) in [5, 5.41) is 3.36. The summed E-state index contributed by atoms with van der Waals surface area (Å²) in [4.78, 5) is 7.25. The van der Waals surface area contributed by atoms with Gasteiger partial charge in [0, 0.05) is 19.6 Å². The first-order chi connectivity index (χ1) is 9.49. The van der Waals surface area contributed by atoms with Gasteiger partial charge in [0.25, 0.3) is 0 Å². The summed E-state index contributed by atoms with van der Waals surface area (Å²) in [5.74, 6) is 1.82. The highest BCUT2D eigenvalue weighted by Gasteiger charge is 2.31. The van der Waals surface area contributed by atoms with Crippen LogP contribution in [0.3, 0.4) is 0 Å². The molecule has 112 valence electrons. The lowest BCUT2D eigenvalue weighted by atomic mass is 9.80. The molecule has 0 spiro atoms. The van der Waals surface area contributed by atoms with Gasteiger partial charge in [0.1, 0.15) is 5.82 Å². The second kappa shape index (κ2) is 6.57. The van der Waals surface area contributed by atoms with Gasteiger partial charge in [-0.05, 0) is 42.9 Å². The van der Waals surface area contributed by atoms with Crippen molar-refractivity contribution in [3.63, 3.8) is 0 Å². The maximum absolute atomic E-state index is 4.71. The maximum atomic E-state index is 4.71. The summed E-state index contributed by atoms with van der Waals surface area (Å²) >= 11 is 0. The molecule has 3 nitrogen and oxygen atoms in total. The van der Waals surface area contributed by atoms with Crippen molar-refractivity contribution < 1.29 is 0 Å². The fourth-order valence-corrected chi connectivity index (χ4v) is 2.83. The molecule has 0 aliphatic carbocycles. The Kier molecular flexibility index (Phi) is 5.03. The van der Waals surface area contributed by atoms with Gasteiger partial charge in [0.2, 0.25) is 0 Å². The number of anilines is 1. The predicted molar refractivity (Wildman–Crippen MR) is 85.9 cm³/mol. The van der Waals surface area contributed by atoms with Crippen LogP contribution in [0.25, 0.3) is 0 Å². The van der Waals surface area contributed by atoms with Crippen LogP contribution < -0.4 is 5.32 Å². The zero-order chi connectivity index (χ0) is 14.6. The molecule has 0 radical (unpaired) electrons. The molecule has 1 saturated heterocycles. The Morgan fingerprint density at radius 1 is 1.35 bits per heavy atom. The number of pyridine rings is 1. The summed E-state index contributed by atoms with van der Waals surface area (Å²) < 4.78 is 0. The van der Waals surface area contributed by atoms with E-state index in [1.165, 1.54) is 25.2 Å². The Hall–Kier alpha value is -1.09. The van der Waals surface area contributed by atoms with E-state index in [1.54, 1.807) is 0 Å². The third-order valence-corrected chi connectivity index (χ3v) is 4.25. The van der Waals surface area contributed by atoms with Crippen LogP contribution in [0, 0.1) is 11.3 Å². The van der Waals surface area contributed by atoms with Crippen molar-refractivity contribution in [1.82, 2.24) is 9.88 Å². The van der Waals surface area contributed by atoms with Crippen LogP contribution in [0.15, 0.2) is 18.2 Å². The van der Waals surface area contributed by atoms with Crippen LogP contribution in [0.5, 0.6) is 0 Å². The average molecular weight is 275 g/mol. The largest absolute Gasteiger partial charge is 0.370 e. The molecule has 0 amide bonds. The SMILES string of the molecule is CCCNc1cccc(CN2CCC(C(C)(C)C)C2)n1. The molecule has 0 saturated carbocycles. The van der Waals surface area contributed by atoms with Gasteiger partial charge in [0.05, 0.1) is 5.69 Å². The topological polar surface area (TPSA) is 28.2 Å². The van der Waals surface area contributed by atoms with E-state index in [2.05, 4.69) is 56.1 Å². The number of nitrogens with one attached hydrogen (secondary N) is 1. The van der Waals surface area contributed by atoms with Crippen molar-refractivity contribution in [2.75, 3.05) is 25.0 Å². The first kappa shape index (κ1) is 15.3. The van der Waals surface area contributed by atoms with Gasteiger partial charge in [-0.15, -0.1) is 0 Å². The monoisotopic (exact) mass is 275 g/mol. The van der Waals surface area contributed by atoms with Crippen LogP contribution in [-0.2, 0) is 6.54 Å². The number of nitrogens with zero attached hydrogens (tertiary/aromatic N) is 2. The number of likely N-dealkylation sites (tertiary alicyclic amines) is 1. The predicted octanol–water partition coefficient (Wildman–Crippen LogP) is 3.77. The Balaban J connectivity index is 1.91. The first-order valence-corrected chi connectivity index (χ1v) is 7.91. The number of rotatable bonds is 5. The summed E-state index contributed by atoms with van der Waals surface area (Å²) in [6, 6.07) is 6.31. The Labute approximate surface area is 123 Å². The minimum atomic E-state index is 0.423. The molecule has 1 aliphatic rings. The smallest absolute Gasteiger partial charge is 0.126 e. The maximum Gasteiger partial charge on any atom is 0.126 e. The van der Waals surface area contributed by atoms with E-state index >= 15 is 0 Å². The molecule has 1 fully saturated rings. The zero-order valence-electron chi connectivity index (χ0n) is 13.4. The molecular formula is C17H29N3. The number of hydrogen-bond acceptors (Lipinski definition) is 3. The molecule has 0 aromatic carbocycles. The fourth-order valence-electron chi connectivity index (χ4n) is 2.83. The highest BCUT2D eigenvalue weighted by Crippen LogP contribution is 2.33. The molecule has 2 rings (SSSR count). The van der Waals surface area contributed by atoms with E-state index in [0.717, 1.165) is 31.2 Å². The molecule has 0 bridgehead atoms. The summed E-state index contributed by atoms with van der Waals surface area (Å²) in [6.07, 6.45) is 2.45. The molecule has 20 heavy (non-hydrogen) atoms. The normalized spacial score (nSPS) is 20.3. The Morgan fingerprint density at radius 3 is 2.80 bits per heavy atom. The van der Waals surface area contributed by atoms with Crippen molar-refractivity contribution in [2.45, 2.75) is 47.1 Å². The third kappa shape index (κ3) is 4.20. The lowest BCUT2D eigenvalue weighted by Crippen LogP contribution is -2.26. The van der Waals surface area contributed by atoms with Gasteiger partial charge in [-0.3, -0.25) is 4.90 Å². The van der Waals surface area contributed by atoms with Gasteiger partial charge in [-0.25, -0.2) is 4.98 Å². The third-order valence-electron chi connectivity index (χ3n) is 4.25. The van der Waals surface area contributed by atoms with Crippen molar-refractivity contribution in [3.05, 3.63) is 23.9 Å². The molecular weight excluding hydrogens is 246 g/mol. The van der Waals surface area contributed by atoms with Crippen molar-refractivity contribution >= 4 is 5.82 Å². The Morgan fingerprint density at radius 2 is 2.15 bits per heavy atom. The second-order valence-electron chi connectivity index (χ2n) is 7.03. The van der Waals surface area contributed by atoms with Crippen LogP contribution in [-0.4, -0.2) is 29.5 Å². The lowest BCUT2D eigenvalue weighted by molar-refractivity contribution is 0.225. The highest BCUT2D eigenvalue weighted by molar-refractivity contribution is 5.35. The molecule has 1 N–H and O–H groups in total. The number of aromatic nitrogens is 1. The molecule has 1 unspecified atom stereocenters. The van der Waals surface area contributed by atoms with E-state index in [9.17, 15) is 0 Å². The zero-order valence-corrected chi connectivity index (χ0v) is 13.4. The summed E-state index contributed by atoms with van der Waals surface area (Å²) in [7, 11) is 0. The summed E-state index contributed by atoms with van der Waals surface area (Å²) in [5.41, 5.74) is 1.60. The van der Waals surface area contributed by atoms with Gasteiger partial charge >= 0.3 is 0 Å². The van der Waals surface area contributed by atoms with E-state index in [4.69, 9.17) is 4.98 Å². The van der Waals surface area contributed by atoms with Crippen LogP contribution in [0.1, 0.15) is 46.2 Å².